The summed E-state index contributed by atoms with van der Waals surface area (Å²) in [5.41, 5.74) is 3.97. The average molecular weight is 644 g/mol. The van der Waals surface area contributed by atoms with Crippen molar-refractivity contribution in [2.45, 2.75) is 44.7 Å². The number of anilines is 1. The van der Waals surface area contributed by atoms with Crippen LogP contribution in [0.5, 0.6) is 11.5 Å². The molecule has 242 valence electrons. The van der Waals surface area contributed by atoms with E-state index < -0.39 is 28.5 Å². The fraction of sp³-hybridized carbons (Fsp3) is 0.278. The van der Waals surface area contributed by atoms with Crippen molar-refractivity contribution in [2.75, 3.05) is 31.6 Å². The van der Waals surface area contributed by atoms with Crippen LogP contribution in [0.25, 0.3) is 0 Å². The van der Waals surface area contributed by atoms with Crippen LogP contribution in [0.1, 0.15) is 29.2 Å². The number of hydrogen-bond donors (Lipinski definition) is 1. The van der Waals surface area contributed by atoms with Crippen molar-refractivity contribution in [3.05, 3.63) is 119 Å². The van der Waals surface area contributed by atoms with E-state index in [0.29, 0.717) is 18.0 Å². The summed E-state index contributed by atoms with van der Waals surface area (Å²) in [5.74, 6) is -0.248. The fourth-order valence-corrected chi connectivity index (χ4v) is 6.51. The summed E-state index contributed by atoms with van der Waals surface area (Å²) >= 11 is 0. The third-order valence-corrected chi connectivity index (χ3v) is 9.41. The number of rotatable bonds is 14. The van der Waals surface area contributed by atoms with Crippen LogP contribution >= 0.6 is 0 Å². The Hall–Kier alpha value is -4.83. The molecule has 0 aliphatic rings. The Labute approximate surface area is 271 Å². The van der Waals surface area contributed by atoms with Gasteiger partial charge in [0.05, 0.1) is 24.8 Å². The summed E-state index contributed by atoms with van der Waals surface area (Å²) in [6.45, 7) is 5.62. The molecule has 0 saturated carbocycles. The SMILES string of the molecule is CCNC(=O)C(Cc1ccccc1)N(Cc1ccc(C)cc1)C(=O)CN(c1ccc(C)cc1)S(=O)(=O)c1ccc(OC)c(OC)c1. The number of likely N-dealkylation sites (N-methyl/N-ethyl adjacent to an activating group) is 1. The Balaban J connectivity index is 1.81. The molecule has 2 amide bonds. The zero-order valence-corrected chi connectivity index (χ0v) is 27.7. The molecule has 0 fully saturated rings. The second-order valence-corrected chi connectivity index (χ2v) is 12.8. The molecule has 0 bridgehead atoms. The molecule has 9 nitrogen and oxygen atoms in total. The minimum Gasteiger partial charge on any atom is -0.493 e. The molecule has 0 heterocycles. The standard InChI is InChI=1S/C36H41N3O6S/c1-6-37-36(41)32(22-28-10-8-7-9-11-28)38(24-29-16-12-26(2)13-17-29)35(40)25-39(30-18-14-27(3)15-19-30)46(42,43)31-20-21-33(44-4)34(23-31)45-5/h7-21,23,32H,6,22,24-25H2,1-5H3,(H,37,41). The average Bonchev–Trinajstić information content (AvgIpc) is 3.06. The quantitative estimate of drug-likeness (QED) is 0.200. The summed E-state index contributed by atoms with van der Waals surface area (Å²) in [5, 5.41) is 2.88. The molecule has 0 aliphatic heterocycles. The molecular weight excluding hydrogens is 602 g/mol. The molecule has 1 unspecified atom stereocenters. The van der Waals surface area contributed by atoms with E-state index in [2.05, 4.69) is 5.32 Å². The van der Waals surface area contributed by atoms with Crippen molar-refractivity contribution >= 4 is 27.5 Å². The van der Waals surface area contributed by atoms with Gasteiger partial charge in [0.1, 0.15) is 12.6 Å². The molecule has 0 aliphatic carbocycles. The molecule has 4 rings (SSSR count). The summed E-state index contributed by atoms with van der Waals surface area (Å²) in [7, 11) is -1.41. The lowest BCUT2D eigenvalue weighted by Crippen LogP contribution is -2.53. The van der Waals surface area contributed by atoms with Crippen molar-refractivity contribution in [1.29, 1.82) is 0 Å². The second kappa shape index (κ2) is 15.4. The number of sulfonamides is 1. The first-order valence-corrected chi connectivity index (χ1v) is 16.5. The van der Waals surface area contributed by atoms with E-state index in [1.54, 1.807) is 24.3 Å². The number of aryl methyl sites for hydroxylation is 2. The number of nitrogens with zero attached hydrogens (tertiary/aromatic N) is 2. The summed E-state index contributed by atoms with van der Waals surface area (Å²) in [6.07, 6.45) is 0.247. The van der Waals surface area contributed by atoms with E-state index in [4.69, 9.17) is 9.47 Å². The van der Waals surface area contributed by atoms with Crippen LogP contribution in [0.3, 0.4) is 0 Å². The number of nitrogens with one attached hydrogen (secondary N) is 1. The van der Waals surface area contributed by atoms with Gasteiger partial charge in [-0.15, -0.1) is 0 Å². The zero-order chi connectivity index (χ0) is 33.3. The Morgan fingerprint density at radius 2 is 1.39 bits per heavy atom. The Morgan fingerprint density at radius 1 is 0.783 bits per heavy atom. The lowest BCUT2D eigenvalue weighted by Gasteiger charge is -2.34. The van der Waals surface area contributed by atoms with Crippen LogP contribution < -0.4 is 19.1 Å². The molecule has 0 spiro atoms. The third kappa shape index (κ3) is 8.25. The van der Waals surface area contributed by atoms with Crippen molar-refractivity contribution in [3.8, 4) is 11.5 Å². The van der Waals surface area contributed by atoms with Gasteiger partial charge in [0, 0.05) is 25.6 Å². The maximum Gasteiger partial charge on any atom is 0.264 e. The molecule has 4 aromatic rings. The van der Waals surface area contributed by atoms with Crippen molar-refractivity contribution in [3.63, 3.8) is 0 Å². The Morgan fingerprint density at radius 3 is 1.98 bits per heavy atom. The highest BCUT2D eigenvalue weighted by molar-refractivity contribution is 7.92. The molecule has 1 N–H and O–H groups in total. The number of methoxy groups -OCH3 is 2. The summed E-state index contributed by atoms with van der Waals surface area (Å²) in [4.78, 5) is 29.5. The first-order chi connectivity index (χ1) is 22.1. The minimum absolute atomic E-state index is 0.0758. The summed E-state index contributed by atoms with van der Waals surface area (Å²) in [6, 6.07) is 27.4. The van der Waals surface area contributed by atoms with E-state index in [1.165, 1.54) is 37.3 Å². The number of carbonyl (C=O) groups excluding carboxylic acids is 2. The Kier molecular flexibility index (Phi) is 11.4. The second-order valence-electron chi connectivity index (χ2n) is 11.0. The van der Waals surface area contributed by atoms with E-state index in [-0.39, 0.29) is 29.5 Å². The van der Waals surface area contributed by atoms with Crippen LogP contribution in [-0.4, -0.2) is 58.5 Å². The predicted octanol–water partition coefficient (Wildman–Crippen LogP) is 5.29. The van der Waals surface area contributed by atoms with Crippen LogP contribution in [0.2, 0.25) is 0 Å². The predicted molar refractivity (Wildman–Crippen MR) is 180 cm³/mol. The van der Waals surface area contributed by atoms with Crippen LogP contribution in [0, 0.1) is 13.8 Å². The highest BCUT2D eigenvalue weighted by Crippen LogP contribution is 2.32. The molecule has 1 atom stereocenters. The lowest BCUT2D eigenvalue weighted by atomic mass is 10.0. The van der Waals surface area contributed by atoms with Crippen LogP contribution in [0.4, 0.5) is 5.69 Å². The topological polar surface area (TPSA) is 105 Å². The molecule has 10 heteroatoms. The maximum atomic E-state index is 14.5. The van der Waals surface area contributed by atoms with Gasteiger partial charge in [-0.3, -0.25) is 13.9 Å². The third-order valence-electron chi connectivity index (χ3n) is 7.64. The van der Waals surface area contributed by atoms with Gasteiger partial charge in [0.2, 0.25) is 11.8 Å². The van der Waals surface area contributed by atoms with Gasteiger partial charge in [-0.05, 0) is 56.2 Å². The molecular formula is C36H41N3O6S. The Bertz CT molecular complexity index is 1730. The van der Waals surface area contributed by atoms with Crippen molar-refractivity contribution in [2.24, 2.45) is 0 Å². The lowest BCUT2D eigenvalue weighted by molar-refractivity contribution is -0.140. The highest BCUT2D eigenvalue weighted by atomic mass is 32.2. The number of benzene rings is 4. The van der Waals surface area contributed by atoms with Gasteiger partial charge in [0.25, 0.3) is 10.0 Å². The largest absolute Gasteiger partial charge is 0.493 e. The minimum atomic E-state index is -4.30. The van der Waals surface area contributed by atoms with Crippen molar-refractivity contribution < 1.29 is 27.5 Å². The van der Waals surface area contributed by atoms with Gasteiger partial charge >= 0.3 is 0 Å². The van der Waals surface area contributed by atoms with E-state index in [1.807, 2.05) is 75.4 Å². The molecule has 4 aromatic carbocycles. The van der Waals surface area contributed by atoms with E-state index >= 15 is 0 Å². The summed E-state index contributed by atoms with van der Waals surface area (Å²) < 4.78 is 40.4. The highest BCUT2D eigenvalue weighted by Gasteiger charge is 2.35. The molecule has 46 heavy (non-hydrogen) atoms. The first kappa shape index (κ1) is 34.1. The smallest absolute Gasteiger partial charge is 0.264 e. The molecule has 0 radical (unpaired) electrons. The number of ether oxygens (including phenoxy) is 2. The van der Waals surface area contributed by atoms with E-state index in [0.717, 1.165) is 26.6 Å². The van der Waals surface area contributed by atoms with Crippen LogP contribution in [0.15, 0.2) is 102 Å². The van der Waals surface area contributed by atoms with E-state index in [9.17, 15) is 18.0 Å². The maximum absolute atomic E-state index is 14.5. The van der Waals surface area contributed by atoms with Gasteiger partial charge in [-0.25, -0.2) is 8.42 Å². The zero-order valence-electron chi connectivity index (χ0n) is 26.9. The van der Waals surface area contributed by atoms with Gasteiger partial charge in [0.15, 0.2) is 11.5 Å². The number of amides is 2. The number of carbonyl (C=O) groups is 2. The van der Waals surface area contributed by atoms with Gasteiger partial charge in [-0.2, -0.15) is 0 Å². The monoisotopic (exact) mass is 643 g/mol. The van der Waals surface area contributed by atoms with Crippen LogP contribution in [-0.2, 0) is 32.6 Å². The normalized spacial score (nSPS) is 11.8. The van der Waals surface area contributed by atoms with Crippen molar-refractivity contribution in [1.82, 2.24) is 10.2 Å². The molecule has 0 aromatic heterocycles. The van der Waals surface area contributed by atoms with Gasteiger partial charge in [-0.1, -0.05) is 77.9 Å². The first-order valence-electron chi connectivity index (χ1n) is 15.1. The number of hydrogen-bond acceptors (Lipinski definition) is 6. The van der Waals surface area contributed by atoms with Gasteiger partial charge < -0.3 is 19.7 Å². The fourth-order valence-electron chi connectivity index (χ4n) is 5.08. The molecule has 0 saturated heterocycles.